The number of hydrogen-bond donors (Lipinski definition) is 5. The van der Waals surface area contributed by atoms with Crippen LogP contribution in [0.25, 0.3) is 22.4 Å². The topological polar surface area (TPSA) is 261 Å². The number of piperidine rings is 1. The Hall–Kier alpha value is -7.52. The van der Waals surface area contributed by atoms with Gasteiger partial charge in [0.15, 0.2) is 11.7 Å². The molecule has 5 aromatic rings. The first-order valence-corrected chi connectivity index (χ1v) is 23.0. The minimum atomic E-state index is -3.55. The van der Waals surface area contributed by atoms with Gasteiger partial charge in [0, 0.05) is 48.8 Å². The summed E-state index contributed by atoms with van der Waals surface area (Å²) in [7, 11) is -3.55. The number of aromatic nitrogens is 2. The van der Waals surface area contributed by atoms with Crippen molar-refractivity contribution in [3.05, 3.63) is 113 Å². The van der Waals surface area contributed by atoms with E-state index in [-0.39, 0.29) is 72.7 Å². The fraction of sp³-hybridized carbons (Fsp3) is 0.250. The summed E-state index contributed by atoms with van der Waals surface area (Å²) in [5.41, 5.74) is 4.34. The summed E-state index contributed by atoms with van der Waals surface area (Å²) < 4.78 is 29.8. The molecule has 65 heavy (non-hydrogen) atoms. The zero-order valence-corrected chi connectivity index (χ0v) is 36.1. The summed E-state index contributed by atoms with van der Waals surface area (Å²) in [6, 6.07) is 19.9. The Kier molecular flexibility index (Phi) is 12.4. The van der Waals surface area contributed by atoms with Gasteiger partial charge in [0.05, 0.1) is 35.2 Å². The van der Waals surface area contributed by atoms with Crippen LogP contribution in [0.15, 0.2) is 90.6 Å². The van der Waals surface area contributed by atoms with Gasteiger partial charge in [0.2, 0.25) is 33.7 Å². The smallest absolute Gasteiger partial charge is 0.262 e. The summed E-state index contributed by atoms with van der Waals surface area (Å²) in [6.07, 6.45) is 4.06. The van der Waals surface area contributed by atoms with E-state index in [2.05, 4.69) is 31.6 Å². The molecule has 3 aromatic carbocycles. The molecule has 3 atom stereocenters. The average Bonchev–Trinajstić information content (AvgIpc) is 3.54. The van der Waals surface area contributed by atoms with Crippen molar-refractivity contribution in [1.82, 2.24) is 35.1 Å². The van der Waals surface area contributed by atoms with Gasteiger partial charge in [-0.15, -0.1) is 11.3 Å². The predicted octanol–water partition coefficient (Wildman–Crippen LogP) is 2.30. The molecule has 2 aliphatic heterocycles. The highest BCUT2D eigenvalue weighted by atomic mass is 32.2. The maximum absolute atomic E-state index is 13.1. The molecule has 0 spiro atoms. The van der Waals surface area contributed by atoms with Crippen molar-refractivity contribution >= 4 is 73.7 Å². The van der Waals surface area contributed by atoms with Crippen molar-refractivity contribution in [1.29, 1.82) is 0 Å². The summed E-state index contributed by atoms with van der Waals surface area (Å²) in [6.45, 7) is -0.169. The quantitative estimate of drug-likeness (QED) is 0.0894. The third-order valence-corrected chi connectivity index (χ3v) is 12.7. The second-order valence-corrected chi connectivity index (χ2v) is 18.4. The molecule has 334 valence electrons. The molecule has 3 unspecified atom stereocenters. The number of ether oxygens (including phenoxy) is 1. The summed E-state index contributed by atoms with van der Waals surface area (Å²) >= 11 is 1.22. The number of imide groups is 2. The van der Waals surface area contributed by atoms with E-state index in [1.807, 2.05) is 48.5 Å². The van der Waals surface area contributed by atoms with Crippen molar-refractivity contribution in [3.63, 3.8) is 0 Å². The number of carbonyl (C=O) groups excluding carboxylic acids is 8. The SMILES string of the molecule is CS(=O)(=O)n1ccc(C(=O)NCC(=O)Nc2nc(-c3cccc(-c4cccc(CNC(=O)C5CC5CNC(=O)COc5ccc6c(c5)C(=O)N(C5CCC(=O)NC5=O)C6=O)c4)c3)cs2)c1. The van der Waals surface area contributed by atoms with Gasteiger partial charge in [0.25, 0.3) is 23.6 Å². The van der Waals surface area contributed by atoms with Crippen LogP contribution in [0.4, 0.5) is 5.13 Å². The molecule has 0 bridgehead atoms. The Balaban J connectivity index is 0.765. The molecule has 1 saturated heterocycles. The predicted molar refractivity (Wildman–Crippen MR) is 234 cm³/mol. The van der Waals surface area contributed by atoms with E-state index in [1.165, 1.54) is 41.8 Å². The number of carbonyl (C=O) groups is 8. The van der Waals surface area contributed by atoms with Crippen LogP contribution in [0.5, 0.6) is 5.75 Å². The van der Waals surface area contributed by atoms with Crippen LogP contribution in [0.2, 0.25) is 0 Å². The first kappa shape index (κ1) is 44.1. The van der Waals surface area contributed by atoms with E-state index in [1.54, 1.807) is 5.38 Å². The molecule has 3 aliphatic rings. The van der Waals surface area contributed by atoms with Crippen LogP contribution >= 0.6 is 11.3 Å². The molecule has 19 nitrogen and oxygen atoms in total. The lowest BCUT2D eigenvalue weighted by atomic mass is 10.0. The minimum absolute atomic E-state index is 0.00400. The van der Waals surface area contributed by atoms with Crippen molar-refractivity contribution < 1.29 is 51.5 Å². The van der Waals surface area contributed by atoms with Gasteiger partial charge in [-0.05, 0) is 71.8 Å². The Labute approximate surface area is 375 Å². The number of thiazole rings is 1. The van der Waals surface area contributed by atoms with Crippen LogP contribution < -0.4 is 31.3 Å². The van der Waals surface area contributed by atoms with Gasteiger partial charge in [-0.3, -0.25) is 52.5 Å². The Morgan fingerprint density at radius 2 is 1.63 bits per heavy atom. The second kappa shape index (κ2) is 18.3. The third-order valence-electron chi connectivity index (χ3n) is 11.0. The van der Waals surface area contributed by atoms with E-state index in [9.17, 15) is 46.8 Å². The number of fused-ring (bicyclic) bond motifs is 1. The van der Waals surface area contributed by atoms with Crippen LogP contribution in [0, 0.1) is 11.8 Å². The maximum Gasteiger partial charge on any atom is 0.262 e. The lowest BCUT2D eigenvalue weighted by Gasteiger charge is -2.27. The maximum atomic E-state index is 13.1. The molecule has 4 heterocycles. The molecule has 5 N–H and O–H groups in total. The number of hydrogen-bond acceptors (Lipinski definition) is 13. The highest BCUT2D eigenvalue weighted by Gasteiger charge is 2.45. The van der Waals surface area contributed by atoms with Crippen molar-refractivity contribution in [2.75, 3.05) is 31.3 Å². The lowest BCUT2D eigenvalue weighted by molar-refractivity contribution is -0.136. The number of nitrogens with one attached hydrogen (secondary N) is 5. The van der Waals surface area contributed by atoms with Gasteiger partial charge in [-0.2, -0.15) is 0 Å². The number of nitrogens with zero attached hydrogens (tertiary/aromatic N) is 3. The lowest BCUT2D eigenvalue weighted by Crippen LogP contribution is -2.54. The summed E-state index contributed by atoms with van der Waals surface area (Å²) in [4.78, 5) is 106. The van der Waals surface area contributed by atoms with E-state index in [0.29, 0.717) is 23.8 Å². The Morgan fingerprint density at radius 1 is 0.877 bits per heavy atom. The fourth-order valence-corrected chi connectivity index (χ4v) is 8.75. The Morgan fingerprint density at radius 3 is 2.40 bits per heavy atom. The van der Waals surface area contributed by atoms with Gasteiger partial charge in [-0.25, -0.2) is 13.4 Å². The first-order chi connectivity index (χ1) is 31.1. The molecule has 8 rings (SSSR count). The van der Waals surface area contributed by atoms with Crippen LogP contribution in [0.1, 0.15) is 55.9 Å². The van der Waals surface area contributed by atoms with E-state index >= 15 is 0 Å². The van der Waals surface area contributed by atoms with E-state index in [0.717, 1.165) is 43.6 Å². The third kappa shape index (κ3) is 10.2. The Bertz CT molecular complexity index is 2910. The summed E-state index contributed by atoms with van der Waals surface area (Å²) in [5.74, 6) is -4.34. The zero-order chi connectivity index (χ0) is 46.0. The number of amides is 8. The monoisotopic (exact) mass is 920 g/mol. The molecular weight excluding hydrogens is 881 g/mol. The molecule has 0 radical (unpaired) electrons. The highest BCUT2D eigenvalue weighted by molar-refractivity contribution is 7.89. The molecule has 21 heteroatoms. The van der Waals surface area contributed by atoms with Gasteiger partial charge >= 0.3 is 0 Å². The molecule has 1 aliphatic carbocycles. The minimum Gasteiger partial charge on any atom is -0.484 e. The number of rotatable bonds is 16. The first-order valence-electron chi connectivity index (χ1n) is 20.3. The largest absolute Gasteiger partial charge is 0.484 e. The molecule has 2 aromatic heterocycles. The standard InChI is InChI=1S/C44H40N8O11S2/c1-65(61,62)51-13-12-28(21-51)39(56)47-20-37(54)50-44-48-34(23-64-44)27-7-3-6-26(15-27)25-5-2-4-24(14-25)18-46-40(57)32-16-29(32)19-45-38(55)22-63-30-8-9-31-33(17-30)43(60)52(42(31)59)35-10-11-36(53)49-41(35)58/h2-9,12-15,17,21,23,29,32,35H,10-11,16,18-20,22H2,1H3,(H,45,55)(H,46,57)(H,47,56)(H,48,50,54)(H,49,53,58). The average molecular weight is 921 g/mol. The van der Waals surface area contributed by atoms with Gasteiger partial charge in [-0.1, -0.05) is 36.4 Å². The molecule has 1 saturated carbocycles. The van der Waals surface area contributed by atoms with Crippen molar-refractivity contribution in [2.24, 2.45) is 11.8 Å². The van der Waals surface area contributed by atoms with Crippen molar-refractivity contribution in [3.8, 4) is 28.1 Å². The number of anilines is 1. The zero-order valence-electron chi connectivity index (χ0n) is 34.5. The fourth-order valence-electron chi connectivity index (χ4n) is 7.43. The second-order valence-electron chi connectivity index (χ2n) is 15.6. The van der Waals surface area contributed by atoms with Crippen LogP contribution in [0.3, 0.4) is 0 Å². The van der Waals surface area contributed by atoms with Gasteiger partial charge in [0.1, 0.15) is 11.8 Å². The molecular formula is C44H40N8O11S2. The number of benzene rings is 3. The van der Waals surface area contributed by atoms with E-state index in [4.69, 9.17) is 4.74 Å². The normalized spacial score (nSPS) is 17.8. The van der Waals surface area contributed by atoms with Crippen molar-refractivity contribution in [2.45, 2.75) is 31.8 Å². The molecule has 2 fully saturated rings. The highest BCUT2D eigenvalue weighted by Crippen LogP contribution is 2.38. The van der Waals surface area contributed by atoms with Crippen LogP contribution in [-0.4, -0.2) is 102 Å². The van der Waals surface area contributed by atoms with Crippen LogP contribution in [-0.2, 0) is 40.5 Å². The van der Waals surface area contributed by atoms with Gasteiger partial charge < -0.3 is 26.0 Å². The molecule has 8 amide bonds. The summed E-state index contributed by atoms with van der Waals surface area (Å²) in [5, 5.41) is 15.2. The van der Waals surface area contributed by atoms with E-state index < -0.39 is 57.4 Å².